The number of ketones is 1. The normalized spacial score (nSPS) is 40.6. The summed E-state index contributed by atoms with van der Waals surface area (Å²) in [4.78, 5) is 44.8. The number of pyridine rings is 1. The number of H-pyrrole nitrogens is 1. The highest BCUT2D eigenvalue weighted by molar-refractivity contribution is 5.99. The van der Waals surface area contributed by atoms with Gasteiger partial charge in [0.25, 0.3) is 0 Å². The average Bonchev–Trinajstić information content (AvgIpc) is 3.98. The SMILES string of the molecule is CC[C@H]1CCC[C@H](O[C@H]2CC[C@H](N(C)C)C(C)O2)[C@@H](C)C(=O)C2=C[C@H]3[C@@H]4C[C@H](OC5OC(C)C(OC)C(OC)C5OC)C[C@H]4c4nc(-c5cccnc5)[nH]c4[C@H]3[C@@H]2CC(=O)O1. The van der Waals surface area contributed by atoms with E-state index in [1.54, 1.807) is 27.5 Å². The average molecular weight is 849 g/mol. The van der Waals surface area contributed by atoms with Gasteiger partial charge in [-0.15, -0.1) is 0 Å². The quantitative estimate of drug-likeness (QED) is 0.265. The van der Waals surface area contributed by atoms with E-state index in [4.69, 9.17) is 42.9 Å². The number of ether oxygens (including phenoxy) is 8. The number of aromatic nitrogens is 3. The summed E-state index contributed by atoms with van der Waals surface area (Å²) in [6.45, 7) is 8.14. The lowest BCUT2D eigenvalue weighted by atomic mass is 9.67. The number of esters is 1. The van der Waals surface area contributed by atoms with E-state index in [0.29, 0.717) is 30.9 Å². The number of fused-ring (bicyclic) bond motifs is 8. The van der Waals surface area contributed by atoms with Gasteiger partial charge in [0, 0.05) is 74.7 Å². The van der Waals surface area contributed by atoms with E-state index in [1.807, 2.05) is 32.2 Å². The van der Waals surface area contributed by atoms with Crippen molar-refractivity contribution in [2.75, 3.05) is 35.4 Å². The van der Waals surface area contributed by atoms with E-state index >= 15 is 4.79 Å². The summed E-state index contributed by atoms with van der Waals surface area (Å²) in [6.07, 6.45) is 8.56. The number of cyclic esters (lactones) is 1. The number of likely N-dealkylation sites (N-methyl/N-ethyl adjacent to an activating group) is 1. The Morgan fingerprint density at radius 2 is 1.69 bits per heavy atom. The van der Waals surface area contributed by atoms with Crippen LogP contribution in [-0.2, 0) is 47.5 Å². The van der Waals surface area contributed by atoms with Crippen molar-refractivity contribution in [3.8, 4) is 11.4 Å². The molecular weight excluding hydrogens is 781 g/mol. The van der Waals surface area contributed by atoms with E-state index in [0.717, 1.165) is 54.9 Å². The zero-order valence-electron chi connectivity index (χ0n) is 37.5. The molecule has 5 heterocycles. The summed E-state index contributed by atoms with van der Waals surface area (Å²) in [7, 11) is 9.13. The molecule has 8 rings (SSSR count). The van der Waals surface area contributed by atoms with Crippen LogP contribution in [0.15, 0.2) is 36.2 Å². The van der Waals surface area contributed by atoms with Gasteiger partial charge in [-0.1, -0.05) is 19.9 Å². The van der Waals surface area contributed by atoms with Crippen LogP contribution < -0.4 is 0 Å². The van der Waals surface area contributed by atoms with Crippen molar-refractivity contribution in [3.63, 3.8) is 0 Å². The largest absolute Gasteiger partial charge is 0.462 e. The summed E-state index contributed by atoms with van der Waals surface area (Å²) in [6, 6.07) is 4.21. The molecule has 6 aliphatic rings. The van der Waals surface area contributed by atoms with Gasteiger partial charge in [0.2, 0.25) is 0 Å². The molecule has 2 aromatic heterocycles. The molecule has 3 saturated heterocycles. The van der Waals surface area contributed by atoms with Crippen molar-refractivity contribution in [3.05, 3.63) is 47.6 Å². The molecule has 17 atom stereocenters. The Morgan fingerprint density at radius 3 is 2.38 bits per heavy atom. The fourth-order valence-electron chi connectivity index (χ4n) is 11.8. The third-order valence-corrected chi connectivity index (χ3v) is 14.9. The van der Waals surface area contributed by atoms with Crippen LogP contribution in [0.25, 0.3) is 11.4 Å². The molecule has 336 valence electrons. The highest BCUT2D eigenvalue weighted by Crippen LogP contribution is 2.61. The number of allylic oxidation sites excluding steroid dienone is 2. The third-order valence-electron chi connectivity index (χ3n) is 14.9. The first-order valence-corrected chi connectivity index (χ1v) is 22.8. The van der Waals surface area contributed by atoms with E-state index in [2.05, 4.69) is 48.9 Å². The molecule has 14 nitrogen and oxygen atoms in total. The molecule has 14 heteroatoms. The van der Waals surface area contributed by atoms with Crippen molar-refractivity contribution in [2.45, 2.75) is 165 Å². The van der Waals surface area contributed by atoms with Gasteiger partial charge in [-0.3, -0.25) is 14.6 Å². The number of aromatic amines is 1. The van der Waals surface area contributed by atoms with Crippen LogP contribution in [0.4, 0.5) is 0 Å². The first-order valence-electron chi connectivity index (χ1n) is 22.8. The molecule has 1 saturated carbocycles. The summed E-state index contributed by atoms with van der Waals surface area (Å²) >= 11 is 0. The second kappa shape index (κ2) is 18.9. The number of Topliss-reactive ketones (excluding diaryl/α,β-unsaturated/α-hetero) is 1. The lowest BCUT2D eigenvalue weighted by molar-refractivity contribution is -0.314. The van der Waals surface area contributed by atoms with Crippen LogP contribution >= 0.6 is 0 Å². The number of rotatable bonds is 10. The van der Waals surface area contributed by atoms with Gasteiger partial charge >= 0.3 is 5.97 Å². The molecule has 1 N–H and O–H groups in total. The molecule has 3 aliphatic carbocycles. The first-order chi connectivity index (χ1) is 29.4. The summed E-state index contributed by atoms with van der Waals surface area (Å²) < 4.78 is 50.4. The number of nitrogens with one attached hydrogen (secondary N) is 1. The lowest BCUT2D eigenvalue weighted by Gasteiger charge is -2.44. The van der Waals surface area contributed by atoms with Crippen LogP contribution in [0.3, 0.4) is 0 Å². The minimum absolute atomic E-state index is 0.00407. The minimum Gasteiger partial charge on any atom is -0.462 e. The number of hydrogen-bond acceptors (Lipinski definition) is 13. The van der Waals surface area contributed by atoms with E-state index < -0.39 is 30.5 Å². The third kappa shape index (κ3) is 8.77. The number of methoxy groups -OCH3 is 3. The highest BCUT2D eigenvalue weighted by Gasteiger charge is 2.57. The Kier molecular flexibility index (Phi) is 13.8. The summed E-state index contributed by atoms with van der Waals surface area (Å²) in [5, 5.41) is 0. The van der Waals surface area contributed by atoms with Crippen molar-refractivity contribution < 1.29 is 47.5 Å². The molecule has 4 fully saturated rings. The van der Waals surface area contributed by atoms with Crippen LogP contribution in [0.5, 0.6) is 0 Å². The zero-order valence-corrected chi connectivity index (χ0v) is 37.5. The van der Waals surface area contributed by atoms with E-state index in [1.165, 1.54) is 0 Å². The van der Waals surface area contributed by atoms with Crippen LogP contribution in [0, 0.1) is 23.7 Å². The van der Waals surface area contributed by atoms with Crippen molar-refractivity contribution >= 4 is 11.8 Å². The van der Waals surface area contributed by atoms with Crippen LogP contribution in [0.2, 0.25) is 0 Å². The molecule has 0 radical (unpaired) electrons. The van der Waals surface area contributed by atoms with E-state index in [-0.39, 0.29) is 84.6 Å². The number of carbonyl (C=O) groups is 2. The van der Waals surface area contributed by atoms with Gasteiger partial charge in [0.1, 0.15) is 30.2 Å². The smallest absolute Gasteiger partial charge is 0.306 e. The Labute approximate surface area is 361 Å². The predicted molar refractivity (Wildman–Crippen MR) is 225 cm³/mol. The monoisotopic (exact) mass is 848 g/mol. The second-order valence-corrected chi connectivity index (χ2v) is 18.6. The predicted octanol–water partition coefficient (Wildman–Crippen LogP) is 6.35. The zero-order chi connectivity index (χ0) is 43.1. The lowest BCUT2D eigenvalue weighted by Crippen LogP contribution is -2.59. The van der Waals surface area contributed by atoms with Crippen LogP contribution in [0.1, 0.15) is 109 Å². The molecule has 3 aliphatic heterocycles. The van der Waals surface area contributed by atoms with Gasteiger partial charge in [-0.25, -0.2) is 4.98 Å². The van der Waals surface area contributed by atoms with Gasteiger partial charge in [0.05, 0.1) is 36.5 Å². The number of carbonyl (C=O) groups excluding carboxylic acids is 2. The van der Waals surface area contributed by atoms with Crippen molar-refractivity contribution in [1.82, 2.24) is 19.9 Å². The van der Waals surface area contributed by atoms with Crippen molar-refractivity contribution in [2.24, 2.45) is 23.7 Å². The Hall–Kier alpha value is -3.08. The van der Waals surface area contributed by atoms with Gasteiger partial charge < -0.3 is 47.8 Å². The highest BCUT2D eigenvalue weighted by atomic mass is 16.7. The minimum atomic E-state index is -0.677. The van der Waals surface area contributed by atoms with Gasteiger partial charge in [-0.05, 0) is 109 Å². The number of nitrogens with zero attached hydrogens (tertiary/aromatic N) is 3. The molecule has 0 bridgehead atoms. The first kappa shape index (κ1) is 44.5. The maximum Gasteiger partial charge on any atom is 0.306 e. The molecule has 0 aromatic carbocycles. The Morgan fingerprint density at radius 1 is 0.902 bits per heavy atom. The maximum absolute atomic E-state index is 15.2. The summed E-state index contributed by atoms with van der Waals surface area (Å²) in [5.41, 5.74) is 3.51. The fraction of sp³-hybridized carbons (Fsp3) is 0.745. The molecular formula is C47H68N4O10. The molecule has 0 spiro atoms. The van der Waals surface area contributed by atoms with Crippen molar-refractivity contribution in [1.29, 1.82) is 0 Å². The standard InChI is InChI=1S/C47H68N4O10/c1-10-28-14-11-15-36(61-38-17-16-35(51(5)6)25(3)57-38)24(2)42(53)34-21-31-30-19-29(60-47-45(56-9)44(55-8)43(54-7)26(4)58-47)20-33(30)40-41(39(31)32(34)22-37(52)59-28)50-46(49-40)27-13-12-18-48-23-27/h12-13,18,21,23-26,28-33,35-36,38-39,43-45,47H,10-11,14-17,19-20,22H2,1-9H3,(H,49,50)/t24-,25?,26?,28+,29+,30+,31+,32-,33-,35+,36+,38+,39-,43?,44?,45?,47?/m1/s1. The molecule has 2 aromatic rings. The summed E-state index contributed by atoms with van der Waals surface area (Å²) in [5.74, 6) is -0.498. The fourth-order valence-corrected chi connectivity index (χ4v) is 11.8. The van der Waals surface area contributed by atoms with Gasteiger partial charge in [-0.2, -0.15) is 0 Å². The Bertz CT molecular complexity index is 1860. The molecule has 6 unspecified atom stereocenters. The Balaban J connectivity index is 1.13. The topological polar surface area (TPSA) is 153 Å². The maximum atomic E-state index is 15.2. The van der Waals surface area contributed by atoms with Crippen LogP contribution in [-0.4, -0.2) is 134 Å². The molecule has 0 amide bonds. The van der Waals surface area contributed by atoms with E-state index in [9.17, 15) is 4.79 Å². The number of hydrogen-bond donors (Lipinski definition) is 1. The number of imidazole rings is 1. The molecule has 61 heavy (non-hydrogen) atoms. The van der Waals surface area contributed by atoms with Gasteiger partial charge in [0.15, 0.2) is 18.4 Å². The second-order valence-electron chi connectivity index (χ2n) is 18.6.